The van der Waals surface area contributed by atoms with Gasteiger partial charge in [-0.2, -0.15) is 0 Å². The Bertz CT molecular complexity index is 582. The summed E-state index contributed by atoms with van der Waals surface area (Å²) in [5.41, 5.74) is 0.987. The van der Waals surface area contributed by atoms with E-state index < -0.39 is 0 Å². The van der Waals surface area contributed by atoms with Crippen molar-refractivity contribution in [2.45, 2.75) is 51.2 Å². The van der Waals surface area contributed by atoms with Crippen LogP contribution in [0.25, 0.3) is 0 Å². The van der Waals surface area contributed by atoms with E-state index in [4.69, 9.17) is 9.47 Å². The number of ether oxygens (including phenoxy) is 2. The van der Waals surface area contributed by atoms with Crippen LogP contribution in [0.1, 0.15) is 44.1 Å². The van der Waals surface area contributed by atoms with Crippen molar-refractivity contribution in [2.75, 3.05) is 19.7 Å². The predicted octanol–water partition coefficient (Wildman–Crippen LogP) is 3.10. The van der Waals surface area contributed by atoms with Crippen molar-refractivity contribution in [1.82, 2.24) is 15.2 Å². The van der Waals surface area contributed by atoms with Gasteiger partial charge in [0.2, 0.25) is 0 Å². The molecule has 7 nitrogen and oxygen atoms in total. The maximum Gasteiger partial charge on any atom is 0.409 e. The first-order chi connectivity index (χ1) is 12.7. The lowest BCUT2D eigenvalue weighted by Crippen LogP contribution is -2.33. The number of nitrogens with one attached hydrogen (secondary N) is 1. The Morgan fingerprint density at radius 1 is 1.12 bits per heavy atom. The Balaban J connectivity index is 1.29. The van der Waals surface area contributed by atoms with Gasteiger partial charge in [0.25, 0.3) is 0 Å². The number of hydrogen-bond acceptors (Lipinski definition) is 5. The zero-order valence-corrected chi connectivity index (χ0v) is 15.1. The molecule has 3 rings (SSSR count). The maximum atomic E-state index is 11.9. The third-order valence-electron chi connectivity index (χ3n) is 5.06. The summed E-state index contributed by atoms with van der Waals surface area (Å²) in [4.78, 5) is 29.5. The number of rotatable bonds is 5. The standard InChI is InChI=1S/C19H27N3O4/c23-18(21-13-15-7-9-20-10-8-15)26-17-5-3-16(4-6-17)14-25-19(24)22-11-1-2-12-22/h7-10,16-17H,1-6,11-14H2,(H,21,23). The first kappa shape index (κ1) is 18.5. The first-order valence-electron chi connectivity index (χ1n) is 9.46. The Morgan fingerprint density at radius 3 is 2.50 bits per heavy atom. The molecule has 2 aliphatic rings. The molecular weight excluding hydrogens is 334 g/mol. The Labute approximate surface area is 154 Å². The quantitative estimate of drug-likeness (QED) is 0.872. The lowest BCUT2D eigenvalue weighted by molar-refractivity contribution is 0.0442. The largest absolute Gasteiger partial charge is 0.449 e. The number of amides is 2. The molecule has 1 saturated carbocycles. The highest BCUT2D eigenvalue weighted by atomic mass is 16.6. The molecule has 1 N–H and O–H groups in total. The topological polar surface area (TPSA) is 80.8 Å². The van der Waals surface area contributed by atoms with Crippen LogP contribution < -0.4 is 5.32 Å². The van der Waals surface area contributed by atoms with Gasteiger partial charge < -0.3 is 19.7 Å². The van der Waals surface area contributed by atoms with E-state index in [9.17, 15) is 9.59 Å². The van der Waals surface area contributed by atoms with Crippen molar-refractivity contribution in [1.29, 1.82) is 0 Å². The summed E-state index contributed by atoms with van der Waals surface area (Å²) >= 11 is 0. The van der Waals surface area contributed by atoms with Crippen LogP contribution in [-0.2, 0) is 16.0 Å². The fourth-order valence-electron chi connectivity index (χ4n) is 3.46. The Kier molecular flexibility index (Phi) is 6.68. The molecule has 2 fully saturated rings. The van der Waals surface area contributed by atoms with Crippen molar-refractivity contribution < 1.29 is 19.1 Å². The molecule has 0 bridgehead atoms. The summed E-state index contributed by atoms with van der Waals surface area (Å²) in [7, 11) is 0. The normalized spacial score (nSPS) is 22.7. The second-order valence-corrected chi connectivity index (χ2v) is 7.03. The van der Waals surface area contributed by atoms with Crippen molar-refractivity contribution in [3.05, 3.63) is 30.1 Å². The lowest BCUT2D eigenvalue weighted by atomic mass is 9.88. The van der Waals surface area contributed by atoms with E-state index >= 15 is 0 Å². The van der Waals surface area contributed by atoms with E-state index in [1.54, 1.807) is 17.3 Å². The van der Waals surface area contributed by atoms with Gasteiger partial charge in [-0.25, -0.2) is 9.59 Å². The summed E-state index contributed by atoms with van der Waals surface area (Å²) in [6.07, 6.45) is 8.36. The minimum Gasteiger partial charge on any atom is -0.449 e. The summed E-state index contributed by atoms with van der Waals surface area (Å²) < 4.78 is 10.9. The van der Waals surface area contributed by atoms with E-state index in [1.807, 2.05) is 12.1 Å². The second-order valence-electron chi connectivity index (χ2n) is 7.03. The van der Waals surface area contributed by atoms with Crippen LogP contribution in [0.4, 0.5) is 9.59 Å². The van der Waals surface area contributed by atoms with Gasteiger partial charge in [0, 0.05) is 32.0 Å². The van der Waals surface area contributed by atoms with Crippen molar-refractivity contribution in [3.63, 3.8) is 0 Å². The zero-order chi connectivity index (χ0) is 18.2. The third kappa shape index (κ3) is 5.61. The minimum absolute atomic E-state index is 0.0574. The first-order valence-corrected chi connectivity index (χ1v) is 9.46. The van der Waals surface area contributed by atoms with E-state index in [0.717, 1.165) is 57.2 Å². The zero-order valence-electron chi connectivity index (χ0n) is 15.1. The average molecular weight is 361 g/mol. The van der Waals surface area contributed by atoms with Crippen molar-refractivity contribution in [2.24, 2.45) is 5.92 Å². The van der Waals surface area contributed by atoms with Gasteiger partial charge in [-0.3, -0.25) is 4.98 Å². The molecule has 0 spiro atoms. The molecule has 0 aromatic carbocycles. The minimum atomic E-state index is -0.384. The highest BCUT2D eigenvalue weighted by Crippen LogP contribution is 2.27. The monoisotopic (exact) mass is 361 g/mol. The summed E-state index contributed by atoms with van der Waals surface area (Å²) in [5.74, 6) is 0.362. The third-order valence-corrected chi connectivity index (χ3v) is 5.06. The number of hydrogen-bond donors (Lipinski definition) is 1. The number of carbonyl (C=O) groups excluding carboxylic acids is 2. The molecule has 1 aromatic rings. The van der Waals surface area contributed by atoms with Crippen molar-refractivity contribution in [3.8, 4) is 0 Å². The number of alkyl carbamates (subject to hydrolysis) is 1. The number of aromatic nitrogens is 1. The van der Waals surface area contributed by atoms with E-state index in [2.05, 4.69) is 10.3 Å². The van der Waals surface area contributed by atoms with Crippen LogP contribution in [0.3, 0.4) is 0 Å². The van der Waals surface area contributed by atoms with Gasteiger partial charge in [0.05, 0.1) is 6.61 Å². The van der Waals surface area contributed by atoms with Crippen LogP contribution in [0.15, 0.2) is 24.5 Å². The molecule has 0 unspecified atom stereocenters. The molecule has 0 atom stereocenters. The SMILES string of the molecule is O=C(NCc1ccncc1)OC1CCC(COC(=O)N2CCCC2)CC1. The molecule has 7 heteroatoms. The van der Waals surface area contributed by atoms with E-state index in [1.165, 1.54) is 0 Å². The number of pyridine rings is 1. The molecule has 2 amide bonds. The van der Waals surface area contributed by atoms with Crippen LogP contribution >= 0.6 is 0 Å². The van der Waals surface area contributed by atoms with E-state index in [-0.39, 0.29) is 18.3 Å². The summed E-state index contributed by atoms with van der Waals surface area (Å²) in [6.45, 7) is 2.53. The fraction of sp³-hybridized carbons (Fsp3) is 0.632. The van der Waals surface area contributed by atoms with Gasteiger partial charge in [-0.05, 0) is 62.1 Å². The number of carbonyl (C=O) groups is 2. The van der Waals surface area contributed by atoms with Gasteiger partial charge >= 0.3 is 12.2 Å². The van der Waals surface area contributed by atoms with Gasteiger partial charge in [-0.15, -0.1) is 0 Å². The molecule has 1 aliphatic carbocycles. The van der Waals surface area contributed by atoms with Gasteiger partial charge in [0.1, 0.15) is 6.10 Å². The molecule has 26 heavy (non-hydrogen) atoms. The van der Waals surface area contributed by atoms with Crippen LogP contribution in [-0.4, -0.2) is 47.9 Å². The lowest BCUT2D eigenvalue weighted by Gasteiger charge is -2.28. The van der Waals surface area contributed by atoms with Gasteiger partial charge in [-0.1, -0.05) is 0 Å². The molecule has 2 heterocycles. The molecule has 1 saturated heterocycles. The highest BCUT2D eigenvalue weighted by Gasteiger charge is 2.26. The summed E-state index contributed by atoms with van der Waals surface area (Å²) in [6, 6.07) is 3.71. The molecule has 1 aliphatic heterocycles. The molecule has 142 valence electrons. The highest BCUT2D eigenvalue weighted by molar-refractivity contribution is 5.68. The Hall–Kier alpha value is -2.31. The summed E-state index contributed by atoms with van der Waals surface area (Å²) in [5, 5.41) is 2.76. The molecule has 1 aromatic heterocycles. The van der Waals surface area contributed by atoms with E-state index in [0.29, 0.717) is 19.1 Å². The fourth-order valence-corrected chi connectivity index (χ4v) is 3.46. The van der Waals surface area contributed by atoms with Crippen LogP contribution in [0.5, 0.6) is 0 Å². The average Bonchev–Trinajstić information content (AvgIpc) is 3.21. The van der Waals surface area contributed by atoms with Gasteiger partial charge in [0.15, 0.2) is 0 Å². The molecule has 0 radical (unpaired) electrons. The Morgan fingerprint density at radius 2 is 1.81 bits per heavy atom. The smallest absolute Gasteiger partial charge is 0.409 e. The van der Waals surface area contributed by atoms with Crippen LogP contribution in [0, 0.1) is 5.92 Å². The second kappa shape index (κ2) is 9.40. The number of likely N-dealkylation sites (tertiary alicyclic amines) is 1. The maximum absolute atomic E-state index is 11.9. The number of nitrogens with zero attached hydrogens (tertiary/aromatic N) is 2. The van der Waals surface area contributed by atoms with Crippen molar-refractivity contribution >= 4 is 12.2 Å². The predicted molar refractivity (Wildman–Crippen MR) is 95.5 cm³/mol. The van der Waals surface area contributed by atoms with Crippen LogP contribution in [0.2, 0.25) is 0 Å². The molecular formula is C19H27N3O4.